The zero-order valence-electron chi connectivity index (χ0n) is 14.0. The molecule has 0 aliphatic heterocycles. The van der Waals surface area contributed by atoms with Gasteiger partial charge in [0.25, 0.3) is 5.91 Å². The number of benzene rings is 3. The van der Waals surface area contributed by atoms with Gasteiger partial charge in [-0.2, -0.15) is 0 Å². The fraction of sp³-hybridized carbons (Fsp3) is 0.0952. The van der Waals surface area contributed by atoms with E-state index in [1.54, 1.807) is 11.8 Å². The second kappa shape index (κ2) is 7.89. The van der Waals surface area contributed by atoms with E-state index in [0.717, 1.165) is 26.2 Å². The van der Waals surface area contributed by atoms with E-state index >= 15 is 0 Å². The number of rotatable bonds is 4. The molecule has 0 radical (unpaired) electrons. The molecule has 0 spiro atoms. The van der Waals surface area contributed by atoms with Crippen LogP contribution in [-0.2, 0) is 0 Å². The minimum atomic E-state index is -0.0745. The number of amides is 1. The third-order valence-corrected chi connectivity index (χ3v) is 5.56. The molecule has 0 aromatic heterocycles. The van der Waals surface area contributed by atoms with Crippen molar-refractivity contribution in [1.82, 2.24) is 0 Å². The van der Waals surface area contributed by atoms with E-state index in [1.165, 1.54) is 4.90 Å². The van der Waals surface area contributed by atoms with Crippen molar-refractivity contribution in [2.75, 3.05) is 5.32 Å². The van der Waals surface area contributed by atoms with Crippen LogP contribution in [-0.4, -0.2) is 5.91 Å². The highest BCUT2D eigenvalue weighted by molar-refractivity contribution is 9.10. The number of carbonyl (C=O) groups is 1. The Morgan fingerprint density at radius 2 is 1.48 bits per heavy atom. The van der Waals surface area contributed by atoms with Gasteiger partial charge in [0.1, 0.15) is 0 Å². The maximum Gasteiger partial charge on any atom is 0.255 e. The number of aryl methyl sites for hydroxylation is 1. The van der Waals surface area contributed by atoms with E-state index in [1.807, 2.05) is 68.4 Å². The molecule has 1 N–H and O–H groups in total. The summed E-state index contributed by atoms with van der Waals surface area (Å²) >= 11 is 5.13. The molecule has 0 atom stereocenters. The number of hydrogen-bond acceptors (Lipinski definition) is 2. The van der Waals surface area contributed by atoms with Gasteiger partial charge in [0.15, 0.2) is 0 Å². The molecule has 0 unspecified atom stereocenters. The van der Waals surface area contributed by atoms with Crippen LogP contribution in [0.3, 0.4) is 0 Å². The Morgan fingerprint density at radius 3 is 2.12 bits per heavy atom. The van der Waals surface area contributed by atoms with Gasteiger partial charge in [-0.1, -0.05) is 39.8 Å². The summed E-state index contributed by atoms with van der Waals surface area (Å²) in [5.41, 5.74) is 3.65. The van der Waals surface area contributed by atoms with Crippen molar-refractivity contribution in [1.29, 1.82) is 0 Å². The summed E-state index contributed by atoms with van der Waals surface area (Å²) in [5.74, 6) is -0.0745. The zero-order valence-corrected chi connectivity index (χ0v) is 16.4. The van der Waals surface area contributed by atoms with E-state index < -0.39 is 0 Å². The highest BCUT2D eigenvalue weighted by atomic mass is 79.9. The highest BCUT2D eigenvalue weighted by Gasteiger charge is 2.10. The van der Waals surface area contributed by atoms with Crippen molar-refractivity contribution in [3.63, 3.8) is 0 Å². The second-order valence-electron chi connectivity index (χ2n) is 5.78. The Bertz CT molecular complexity index is 889. The van der Waals surface area contributed by atoms with Crippen molar-refractivity contribution >= 4 is 39.3 Å². The van der Waals surface area contributed by atoms with E-state index in [4.69, 9.17) is 0 Å². The Balaban J connectivity index is 1.69. The second-order valence-corrected chi connectivity index (χ2v) is 7.84. The summed E-state index contributed by atoms with van der Waals surface area (Å²) in [4.78, 5) is 14.8. The van der Waals surface area contributed by atoms with Crippen LogP contribution in [0.5, 0.6) is 0 Å². The molecule has 0 aliphatic rings. The number of anilines is 1. The summed E-state index contributed by atoms with van der Waals surface area (Å²) in [6, 6.07) is 21.9. The van der Waals surface area contributed by atoms with Crippen molar-refractivity contribution in [2.24, 2.45) is 0 Å². The molecule has 0 saturated heterocycles. The van der Waals surface area contributed by atoms with E-state index in [-0.39, 0.29) is 5.91 Å². The van der Waals surface area contributed by atoms with Crippen molar-refractivity contribution < 1.29 is 4.79 Å². The Labute approximate surface area is 160 Å². The van der Waals surface area contributed by atoms with Crippen molar-refractivity contribution in [2.45, 2.75) is 23.6 Å². The molecular formula is C21H18BrNOS. The van der Waals surface area contributed by atoms with Crippen LogP contribution in [0.2, 0.25) is 0 Å². The normalized spacial score (nSPS) is 10.5. The molecule has 0 bridgehead atoms. The quantitative estimate of drug-likeness (QED) is 0.532. The number of carbonyl (C=O) groups excluding carboxylic acids is 1. The largest absolute Gasteiger partial charge is 0.322 e. The third kappa shape index (κ3) is 4.53. The van der Waals surface area contributed by atoms with Crippen LogP contribution in [0.4, 0.5) is 5.69 Å². The molecule has 126 valence electrons. The van der Waals surface area contributed by atoms with Gasteiger partial charge < -0.3 is 5.32 Å². The number of halogens is 1. The van der Waals surface area contributed by atoms with Crippen LogP contribution in [0, 0.1) is 13.8 Å². The predicted molar refractivity (Wildman–Crippen MR) is 109 cm³/mol. The molecule has 4 heteroatoms. The molecule has 3 aromatic carbocycles. The lowest BCUT2D eigenvalue weighted by Crippen LogP contribution is -2.13. The van der Waals surface area contributed by atoms with Crippen LogP contribution < -0.4 is 5.32 Å². The van der Waals surface area contributed by atoms with Crippen molar-refractivity contribution in [3.8, 4) is 0 Å². The molecule has 1 amide bonds. The van der Waals surface area contributed by atoms with Crippen LogP contribution >= 0.6 is 27.7 Å². The molecule has 2 nitrogen and oxygen atoms in total. The summed E-state index contributed by atoms with van der Waals surface area (Å²) in [5, 5.41) is 2.97. The molecule has 0 heterocycles. The smallest absolute Gasteiger partial charge is 0.255 e. The number of nitrogens with one attached hydrogen (secondary N) is 1. The lowest BCUT2D eigenvalue weighted by Gasteiger charge is -2.10. The Hall–Kier alpha value is -2.04. The highest BCUT2D eigenvalue weighted by Crippen LogP contribution is 2.29. The SMILES string of the molecule is Cc1cccc(C(=O)Nc2ccc(Sc3ccc(Br)cc3)cc2)c1C. The first-order valence-corrected chi connectivity index (χ1v) is 9.55. The van der Waals surface area contributed by atoms with Crippen LogP contribution in [0.1, 0.15) is 21.5 Å². The van der Waals surface area contributed by atoms with E-state index in [2.05, 4.69) is 33.4 Å². The first-order valence-electron chi connectivity index (χ1n) is 7.94. The zero-order chi connectivity index (χ0) is 17.8. The minimum absolute atomic E-state index is 0.0745. The van der Waals surface area contributed by atoms with Crippen LogP contribution in [0.25, 0.3) is 0 Å². The van der Waals surface area contributed by atoms with E-state index in [0.29, 0.717) is 5.56 Å². The Morgan fingerprint density at radius 1 is 0.880 bits per heavy atom. The summed E-state index contributed by atoms with van der Waals surface area (Å²) < 4.78 is 1.07. The molecule has 0 saturated carbocycles. The van der Waals surface area contributed by atoms with Gasteiger partial charge in [0.2, 0.25) is 0 Å². The summed E-state index contributed by atoms with van der Waals surface area (Å²) in [7, 11) is 0. The van der Waals surface area contributed by atoms with E-state index in [9.17, 15) is 4.79 Å². The van der Waals surface area contributed by atoms with Gasteiger partial charge in [-0.3, -0.25) is 4.79 Å². The lowest BCUT2D eigenvalue weighted by atomic mass is 10.0. The van der Waals surface area contributed by atoms with Crippen molar-refractivity contribution in [3.05, 3.63) is 87.9 Å². The summed E-state index contributed by atoms with van der Waals surface area (Å²) in [6.45, 7) is 3.99. The van der Waals surface area contributed by atoms with Crippen LogP contribution in [0.15, 0.2) is 81.0 Å². The number of hydrogen-bond donors (Lipinski definition) is 1. The molecular weight excluding hydrogens is 394 g/mol. The van der Waals surface area contributed by atoms with Gasteiger partial charge in [0, 0.05) is 25.5 Å². The maximum atomic E-state index is 12.5. The van der Waals surface area contributed by atoms with Gasteiger partial charge in [-0.15, -0.1) is 0 Å². The third-order valence-electron chi connectivity index (χ3n) is 4.01. The molecule has 25 heavy (non-hydrogen) atoms. The first-order chi connectivity index (χ1) is 12.0. The van der Waals surface area contributed by atoms with Gasteiger partial charge >= 0.3 is 0 Å². The fourth-order valence-electron chi connectivity index (χ4n) is 2.44. The molecule has 0 aliphatic carbocycles. The summed E-state index contributed by atoms with van der Waals surface area (Å²) in [6.07, 6.45) is 0. The lowest BCUT2D eigenvalue weighted by molar-refractivity contribution is 0.102. The molecule has 3 aromatic rings. The molecule has 3 rings (SSSR count). The van der Waals surface area contributed by atoms with Gasteiger partial charge in [-0.25, -0.2) is 0 Å². The topological polar surface area (TPSA) is 29.1 Å². The standard InChI is InChI=1S/C21H18BrNOS/c1-14-4-3-5-20(15(14)2)21(24)23-17-8-12-19(13-9-17)25-18-10-6-16(22)7-11-18/h3-13H,1-2H3,(H,23,24). The predicted octanol–water partition coefficient (Wildman–Crippen LogP) is 6.47. The van der Waals surface area contributed by atoms with Gasteiger partial charge in [-0.05, 0) is 79.6 Å². The average molecular weight is 412 g/mol. The average Bonchev–Trinajstić information content (AvgIpc) is 2.61. The minimum Gasteiger partial charge on any atom is -0.322 e. The Kier molecular flexibility index (Phi) is 5.61. The molecule has 0 fully saturated rings. The maximum absolute atomic E-state index is 12.5. The first kappa shape index (κ1) is 17.8. The monoisotopic (exact) mass is 411 g/mol. The van der Waals surface area contributed by atoms with Gasteiger partial charge in [0.05, 0.1) is 0 Å². The fourth-order valence-corrected chi connectivity index (χ4v) is 3.52.